The van der Waals surface area contributed by atoms with Gasteiger partial charge in [-0.25, -0.2) is 0 Å². The summed E-state index contributed by atoms with van der Waals surface area (Å²) >= 11 is -1.40. The normalized spacial score (nSPS) is 11.9. The van der Waals surface area contributed by atoms with E-state index in [0.717, 1.165) is 0 Å². The number of rotatable bonds is 3. The van der Waals surface area contributed by atoms with E-state index < -0.39 is 11.9 Å². The van der Waals surface area contributed by atoms with Gasteiger partial charge in [0, 0.05) is 0 Å². The van der Waals surface area contributed by atoms with Gasteiger partial charge in [0.1, 0.15) is 0 Å². The van der Waals surface area contributed by atoms with Crippen LogP contribution in [-0.4, -0.2) is 11.9 Å². The minimum absolute atomic E-state index is 1.31. The van der Waals surface area contributed by atoms with Crippen molar-refractivity contribution in [3.63, 3.8) is 0 Å². The zero-order valence-corrected chi connectivity index (χ0v) is 8.67. The molecule has 0 aromatic rings. The van der Waals surface area contributed by atoms with Crippen molar-refractivity contribution in [3.8, 4) is 0 Å². The van der Waals surface area contributed by atoms with Crippen LogP contribution in [-0.2, 0) is 0 Å². The third-order valence-corrected chi connectivity index (χ3v) is 13.0. The van der Waals surface area contributed by atoms with Crippen molar-refractivity contribution >= 4 is 22.3 Å². The van der Waals surface area contributed by atoms with Gasteiger partial charge < -0.3 is 0 Å². The third kappa shape index (κ3) is 2.37. The van der Waals surface area contributed by atoms with E-state index in [9.17, 15) is 0 Å². The Labute approximate surface area is 58.9 Å². The molecule has 0 heterocycles. The van der Waals surface area contributed by atoms with Crippen LogP contribution in [0.3, 0.4) is 0 Å². The molecule has 0 spiro atoms. The van der Waals surface area contributed by atoms with Gasteiger partial charge in [-0.15, -0.1) is 0 Å². The summed E-state index contributed by atoms with van der Waals surface area (Å²) < 4.78 is 0. The summed E-state index contributed by atoms with van der Waals surface area (Å²) in [5.74, 6) is 0. The quantitative estimate of drug-likeness (QED) is 0.622. The van der Waals surface area contributed by atoms with Crippen LogP contribution in [0, 0.1) is 0 Å². The molecule has 0 bridgehead atoms. The second-order valence-corrected chi connectivity index (χ2v) is 14.5. The first-order valence-corrected chi connectivity index (χ1v) is 9.90. The van der Waals surface area contributed by atoms with Crippen LogP contribution in [0.2, 0.25) is 15.6 Å². The van der Waals surface area contributed by atoms with Gasteiger partial charge in [0.05, 0.1) is 0 Å². The van der Waals surface area contributed by atoms with E-state index in [1.807, 2.05) is 0 Å². The van der Waals surface area contributed by atoms with E-state index in [0.29, 0.717) is 0 Å². The summed E-state index contributed by atoms with van der Waals surface area (Å²) in [6.07, 6.45) is 0. The summed E-state index contributed by atoms with van der Waals surface area (Å²) in [6, 6.07) is 0. The van der Waals surface area contributed by atoms with Crippen LogP contribution >= 0.6 is 10.4 Å². The molecule has 0 saturated heterocycles. The van der Waals surface area contributed by atoms with Gasteiger partial charge >= 0.3 is 58.7 Å². The van der Waals surface area contributed by atoms with Crippen LogP contribution in [0.1, 0.15) is 20.8 Å². The first-order chi connectivity index (χ1) is 3.68. The Balaban J connectivity index is 3.79. The van der Waals surface area contributed by atoms with Crippen LogP contribution in [0.15, 0.2) is 0 Å². The van der Waals surface area contributed by atoms with E-state index in [2.05, 4.69) is 20.8 Å². The molecule has 0 aliphatic rings. The Kier molecular flexibility index (Phi) is 4.10. The minimum atomic E-state index is -1.40. The molecular formula is C6H15AsS. The van der Waals surface area contributed by atoms with E-state index >= 15 is 0 Å². The monoisotopic (exact) mass is 194 g/mol. The average Bonchev–Trinajstić information content (AvgIpc) is 1.87. The maximum absolute atomic E-state index is 5.48. The van der Waals surface area contributed by atoms with Crippen molar-refractivity contribution < 1.29 is 0 Å². The summed E-state index contributed by atoms with van der Waals surface area (Å²) in [7, 11) is 5.48. The summed E-state index contributed by atoms with van der Waals surface area (Å²) in [6.45, 7) is 6.73. The Morgan fingerprint density at radius 2 is 1.25 bits per heavy atom. The van der Waals surface area contributed by atoms with Gasteiger partial charge in [-0.2, -0.15) is 0 Å². The van der Waals surface area contributed by atoms with Crippen LogP contribution in [0.4, 0.5) is 0 Å². The molecule has 0 N–H and O–H groups in total. The van der Waals surface area contributed by atoms with Crippen molar-refractivity contribution in [3.05, 3.63) is 0 Å². The van der Waals surface area contributed by atoms with E-state index in [1.54, 1.807) is 0 Å². The molecule has 0 rings (SSSR count). The summed E-state index contributed by atoms with van der Waals surface area (Å²) in [5.41, 5.74) is 0. The first kappa shape index (κ1) is 8.78. The Hall–Kier alpha value is 0.778. The SMILES string of the molecule is CC[As](=S)(CC)CC. The molecule has 0 aromatic heterocycles. The average molecular weight is 194 g/mol. The molecule has 0 fully saturated rings. The Morgan fingerprint density at radius 3 is 1.25 bits per heavy atom. The predicted molar refractivity (Wildman–Crippen MR) is 44.8 cm³/mol. The molecule has 50 valence electrons. The summed E-state index contributed by atoms with van der Waals surface area (Å²) in [5, 5.41) is 3.92. The molecule has 0 unspecified atom stereocenters. The zero-order chi connectivity index (χ0) is 6.62. The van der Waals surface area contributed by atoms with Crippen LogP contribution in [0.25, 0.3) is 0 Å². The third-order valence-electron chi connectivity index (χ3n) is 1.73. The maximum atomic E-state index is 5.48. The van der Waals surface area contributed by atoms with E-state index in [-0.39, 0.29) is 0 Å². The van der Waals surface area contributed by atoms with Gasteiger partial charge in [0.2, 0.25) is 0 Å². The van der Waals surface area contributed by atoms with Crippen molar-refractivity contribution in [1.82, 2.24) is 0 Å². The second-order valence-electron chi connectivity index (χ2n) is 2.01. The van der Waals surface area contributed by atoms with E-state index in [1.165, 1.54) is 15.6 Å². The Morgan fingerprint density at radius 1 is 1.00 bits per heavy atom. The van der Waals surface area contributed by atoms with Gasteiger partial charge in [-0.05, 0) is 0 Å². The number of hydrogen-bond donors (Lipinski definition) is 0. The molecule has 2 heteroatoms. The molecule has 0 radical (unpaired) electrons. The molecule has 0 nitrogen and oxygen atoms in total. The van der Waals surface area contributed by atoms with Crippen molar-refractivity contribution in [2.24, 2.45) is 0 Å². The standard InChI is InChI=1S/C6H15AsS/c1-4-7(8,5-2)6-3/h4-6H2,1-3H3. The molecule has 0 atom stereocenters. The molecular weight excluding hydrogens is 179 g/mol. The molecule has 0 aliphatic carbocycles. The Bertz CT molecular complexity index is 79.7. The molecule has 0 saturated carbocycles. The summed E-state index contributed by atoms with van der Waals surface area (Å²) in [4.78, 5) is 0. The predicted octanol–water partition coefficient (Wildman–Crippen LogP) is 3.19. The van der Waals surface area contributed by atoms with Crippen LogP contribution < -0.4 is 0 Å². The van der Waals surface area contributed by atoms with Crippen molar-refractivity contribution in [2.75, 3.05) is 0 Å². The molecule has 0 amide bonds. The van der Waals surface area contributed by atoms with Gasteiger partial charge in [-0.3, -0.25) is 0 Å². The van der Waals surface area contributed by atoms with Crippen molar-refractivity contribution in [1.29, 1.82) is 0 Å². The van der Waals surface area contributed by atoms with E-state index in [4.69, 9.17) is 10.4 Å². The fourth-order valence-electron chi connectivity index (χ4n) is 0.671. The topological polar surface area (TPSA) is 0 Å². The van der Waals surface area contributed by atoms with Crippen LogP contribution in [0.5, 0.6) is 0 Å². The fourth-order valence-corrected chi connectivity index (χ4v) is 3.49. The zero-order valence-electron chi connectivity index (χ0n) is 5.98. The molecule has 0 aromatic carbocycles. The van der Waals surface area contributed by atoms with Crippen molar-refractivity contribution in [2.45, 2.75) is 36.4 Å². The molecule has 0 aliphatic heterocycles. The fraction of sp³-hybridized carbons (Fsp3) is 1.00. The first-order valence-electron chi connectivity index (χ1n) is 3.25. The molecule has 8 heavy (non-hydrogen) atoms. The van der Waals surface area contributed by atoms with Gasteiger partial charge in [0.15, 0.2) is 0 Å². The van der Waals surface area contributed by atoms with Gasteiger partial charge in [0.25, 0.3) is 0 Å². The number of hydrogen-bond acceptors (Lipinski definition) is 1. The second kappa shape index (κ2) is 3.74. The van der Waals surface area contributed by atoms with Gasteiger partial charge in [-0.1, -0.05) is 0 Å².